The van der Waals surface area contributed by atoms with E-state index in [0.29, 0.717) is 12.2 Å². The highest BCUT2D eigenvalue weighted by atomic mass is 16.5. The van der Waals surface area contributed by atoms with Crippen LogP contribution in [0.25, 0.3) is 0 Å². The largest absolute Gasteiger partial charge is 0.494 e. The molecule has 0 spiro atoms. The van der Waals surface area contributed by atoms with E-state index < -0.39 is 6.10 Å². The van der Waals surface area contributed by atoms with Crippen molar-refractivity contribution in [3.63, 3.8) is 0 Å². The first kappa shape index (κ1) is 21.2. The Kier molecular flexibility index (Phi) is 7.97. The number of aryl methyl sites for hydroxylation is 1. The standard InChI is InChI=1S/C25H33NO3/c1-3-24(29-23-13-9-19(2)10-14-23)25(27)26-21-11-15-22(16-12-21)28-18-17-20-7-5-4-6-8-20/h9-16,20,24H,3-8,17-18H2,1-2H3,(H,26,27). The zero-order chi connectivity index (χ0) is 20.5. The van der Waals surface area contributed by atoms with Crippen LogP contribution in [0.3, 0.4) is 0 Å². The second kappa shape index (κ2) is 10.9. The molecule has 0 radical (unpaired) electrons. The van der Waals surface area contributed by atoms with Crippen LogP contribution in [0.1, 0.15) is 57.4 Å². The zero-order valence-corrected chi connectivity index (χ0v) is 17.7. The van der Waals surface area contributed by atoms with E-state index in [9.17, 15) is 4.79 Å². The second-order valence-corrected chi connectivity index (χ2v) is 7.98. The number of carbonyl (C=O) groups is 1. The van der Waals surface area contributed by atoms with Gasteiger partial charge in [-0.05, 0) is 62.1 Å². The molecule has 0 aliphatic heterocycles. The lowest BCUT2D eigenvalue weighted by molar-refractivity contribution is -0.122. The predicted molar refractivity (Wildman–Crippen MR) is 118 cm³/mol. The van der Waals surface area contributed by atoms with Gasteiger partial charge in [-0.25, -0.2) is 0 Å². The number of nitrogens with one attached hydrogen (secondary N) is 1. The van der Waals surface area contributed by atoms with Crippen molar-refractivity contribution < 1.29 is 14.3 Å². The number of carbonyl (C=O) groups excluding carboxylic acids is 1. The Morgan fingerprint density at radius 2 is 1.66 bits per heavy atom. The van der Waals surface area contributed by atoms with Crippen LogP contribution in [-0.2, 0) is 4.79 Å². The smallest absolute Gasteiger partial charge is 0.265 e. The summed E-state index contributed by atoms with van der Waals surface area (Å²) in [7, 11) is 0. The minimum Gasteiger partial charge on any atom is -0.494 e. The molecular weight excluding hydrogens is 362 g/mol. The van der Waals surface area contributed by atoms with Crippen LogP contribution in [0.5, 0.6) is 11.5 Å². The molecule has 1 unspecified atom stereocenters. The van der Waals surface area contributed by atoms with Crippen molar-refractivity contribution in [1.82, 2.24) is 0 Å². The number of ether oxygens (including phenoxy) is 2. The fourth-order valence-corrected chi connectivity index (χ4v) is 3.78. The lowest BCUT2D eigenvalue weighted by atomic mass is 9.87. The van der Waals surface area contributed by atoms with Gasteiger partial charge in [-0.3, -0.25) is 4.79 Å². The molecule has 1 atom stereocenters. The van der Waals surface area contributed by atoms with Gasteiger partial charge in [0.25, 0.3) is 5.91 Å². The Bertz CT molecular complexity index is 749. The lowest BCUT2D eigenvalue weighted by Crippen LogP contribution is -2.32. The van der Waals surface area contributed by atoms with Gasteiger partial charge in [0.15, 0.2) is 6.10 Å². The molecule has 1 N–H and O–H groups in total. The third-order valence-electron chi connectivity index (χ3n) is 5.60. The van der Waals surface area contributed by atoms with Crippen molar-refractivity contribution in [2.24, 2.45) is 5.92 Å². The van der Waals surface area contributed by atoms with Gasteiger partial charge in [-0.15, -0.1) is 0 Å². The molecule has 1 saturated carbocycles. The molecule has 1 aliphatic carbocycles. The van der Waals surface area contributed by atoms with Crippen molar-refractivity contribution in [1.29, 1.82) is 0 Å². The Hall–Kier alpha value is -2.49. The van der Waals surface area contributed by atoms with E-state index in [1.807, 2.05) is 62.4 Å². The molecular formula is C25H33NO3. The fourth-order valence-electron chi connectivity index (χ4n) is 3.78. The van der Waals surface area contributed by atoms with Crippen LogP contribution < -0.4 is 14.8 Å². The fraction of sp³-hybridized carbons (Fsp3) is 0.480. The van der Waals surface area contributed by atoms with E-state index in [0.717, 1.165) is 35.9 Å². The van der Waals surface area contributed by atoms with Crippen LogP contribution in [0.2, 0.25) is 0 Å². The highest BCUT2D eigenvalue weighted by molar-refractivity contribution is 5.94. The molecule has 29 heavy (non-hydrogen) atoms. The average molecular weight is 396 g/mol. The summed E-state index contributed by atoms with van der Waals surface area (Å²) >= 11 is 0. The Morgan fingerprint density at radius 3 is 2.31 bits per heavy atom. The van der Waals surface area contributed by atoms with Crippen LogP contribution in [0, 0.1) is 12.8 Å². The maximum absolute atomic E-state index is 12.6. The molecule has 4 nitrogen and oxygen atoms in total. The van der Waals surface area contributed by atoms with Crippen molar-refractivity contribution in [2.75, 3.05) is 11.9 Å². The maximum Gasteiger partial charge on any atom is 0.265 e. The van der Waals surface area contributed by atoms with E-state index in [1.54, 1.807) is 0 Å². The van der Waals surface area contributed by atoms with E-state index in [1.165, 1.54) is 32.1 Å². The Balaban J connectivity index is 1.46. The number of amides is 1. The van der Waals surface area contributed by atoms with Crippen LogP contribution in [-0.4, -0.2) is 18.6 Å². The van der Waals surface area contributed by atoms with Gasteiger partial charge in [0.1, 0.15) is 11.5 Å². The average Bonchev–Trinajstić information content (AvgIpc) is 2.75. The molecule has 3 rings (SSSR count). The first-order chi connectivity index (χ1) is 14.1. The van der Waals surface area contributed by atoms with E-state index in [2.05, 4.69) is 5.32 Å². The summed E-state index contributed by atoms with van der Waals surface area (Å²) in [6.45, 7) is 4.73. The van der Waals surface area contributed by atoms with Crippen molar-refractivity contribution in [3.05, 3.63) is 54.1 Å². The first-order valence-corrected chi connectivity index (χ1v) is 10.9. The van der Waals surface area contributed by atoms with E-state index >= 15 is 0 Å². The highest BCUT2D eigenvalue weighted by Crippen LogP contribution is 2.26. The minimum absolute atomic E-state index is 0.140. The number of hydrogen-bond acceptors (Lipinski definition) is 3. The van der Waals surface area contributed by atoms with Gasteiger partial charge in [-0.1, -0.05) is 56.7 Å². The lowest BCUT2D eigenvalue weighted by Gasteiger charge is -2.21. The Labute approximate surface area is 174 Å². The van der Waals surface area contributed by atoms with Crippen LogP contribution in [0.4, 0.5) is 5.69 Å². The van der Waals surface area contributed by atoms with Gasteiger partial charge < -0.3 is 14.8 Å². The molecule has 2 aromatic carbocycles. The van der Waals surface area contributed by atoms with Gasteiger partial charge >= 0.3 is 0 Å². The van der Waals surface area contributed by atoms with Gasteiger partial charge in [-0.2, -0.15) is 0 Å². The first-order valence-electron chi connectivity index (χ1n) is 10.9. The number of hydrogen-bond donors (Lipinski definition) is 1. The summed E-state index contributed by atoms with van der Waals surface area (Å²) < 4.78 is 11.7. The molecule has 156 valence electrons. The quantitative estimate of drug-likeness (QED) is 0.555. The third-order valence-corrected chi connectivity index (χ3v) is 5.60. The van der Waals surface area contributed by atoms with Crippen molar-refractivity contribution in [2.45, 2.75) is 64.9 Å². The Morgan fingerprint density at radius 1 is 1.00 bits per heavy atom. The molecule has 0 bridgehead atoms. The molecule has 0 aromatic heterocycles. The summed E-state index contributed by atoms with van der Waals surface area (Å²) in [6, 6.07) is 15.3. The highest BCUT2D eigenvalue weighted by Gasteiger charge is 2.18. The molecule has 0 saturated heterocycles. The van der Waals surface area contributed by atoms with Gasteiger partial charge in [0, 0.05) is 5.69 Å². The third kappa shape index (κ3) is 6.81. The number of anilines is 1. The minimum atomic E-state index is -0.524. The molecule has 0 heterocycles. The monoisotopic (exact) mass is 395 g/mol. The SMILES string of the molecule is CCC(Oc1ccc(C)cc1)C(=O)Nc1ccc(OCCC2CCCCC2)cc1. The number of benzene rings is 2. The summed E-state index contributed by atoms with van der Waals surface area (Å²) in [5.74, 6) is 2.24. The predicted octanol–water partition coefficient (Wildman–Crippen LogP) is 6.14. The summed E-state index contributed by atoms with van der Waals surface area (Å²) in [4.78, 5) is 12.6. The van der Waals surface area contributed by atoms with Gasteiger partial charge in [0.2, 0.25) is 0 Å². The summed E-state index contributed by atoms with van der Waals surface area (Å²) in [5, 5.41) is 2.94. The molecule has 1 aliphatic rings. The van der Waals surface area contributed by atoms with Crippen LogP contribution >= 0.6 is 0 Å². The van der Waals surface area contributed by atoms with E-state index in [-0.39, 0.29) is 5.91 Å². The number of rotatable bonds is 9. The summed E-state index contributed by atoms with van der Waals surface area (Å²) in [5.41, 5.74) is 1.91. The molecule has 1 fully saturated rings. The molecule has 4 heteroatoms. The second-order valence-electron chi connectivity index (χ2n) is 7.98. The molecule has 2 aromatic rings. The summed E-state index contributed by atoms with van der Waals surface area (Å²) in [6.07, 6.45) is 8.02. The van der Waals surface area contributed by atoms with Crippen molar-refractivity contribution in [3.8, 4) is 11.5 Å². The van der Waals surface area contributed by atoms with Crippen molar-refractivity contribution >= 4 is 11.6 Å². The zero-order valence-electron chi connectivity index (χ0n) is 17.7. The van der Waals surface area contributed by atoms with E-state index in [4.69, 9.17) is 9.47 Å². The van der Waals surface area contributed by atoms with Gasteiger partial charge in [0.05, 0.1) is 6.61 Å². The van der Waals surface area contributed by atoms with Crippen LogP contribution in [0.15, 0.2) is 48.5 Å². The molecule has 1 amide bonds. The topological polar surface area (TPSA) is 47.6 Å². The normalized spacial score (nSPS) is 15.5. The maximum atomic E-state index is 12.6.